The molecule has 5 aliphatic rings. The number of hydrogen-bond donors (Lipinski definition) is 2. The third-order valence-electron chi connectivity index (χ3n) is 18.4. The number of fused-ring (bicyclic) bond motifs is 1. The van der Waals surface area contributed by atoms with Crippen molar-refractivity contribution in [3.05, 3.63) is 89.6 Å². The quantitative estimate of drug-likeness (QED) is 0.0583. The molecule has 0 unspecified atom stereocenters. The van der Waals surface area contributed by atoms with Crippen molar-refractivity contribution in [2.45, 2.75) is 173 Å². The van der Waals surface area contributed by atoms with E-state index in [-0.39, 0.29) is 35.0 Å². The van der Waals surface area contributed by atoms with Gasteiger partial charge in [0, 0.05) is 43.4 Å². The van der Waals surface area contributed by atoms with Crippen molar-refractivity contribution in [3.8, 4) is 11.5 Å². The highest BCUT2D eigenvalue weighted by Gasteiger charge is 2.46. The Bertz CT molecular complexity index is 3180. The van der Waals surface area contributed by atoms with Gasteiger partial charge in [0.25, 0.3) is 5.91 Å². The Hall–Kier alpha value is -7.10. The van der Waals surface area contributed by atoms with E-state index < -0.39 is 53.6 Å². The minimum atomic E-state index is -4.67. The third-order valence-corrected chi connectivity index (χ3v) is 18.4. The number of aromatic nitrogens is 6. The van der Waals surface area contributed by atoms with Crippen LogP contribution in [0.5, 0.6) is 11.5 Å². The number of hydrogen-bond acceptors (Lipinski definition) is 13. The van der Waals surface area contributed by atoms with Gasteiger partial charge in [0.15, 0.2) is 5.69 Å². The molecule has 1 spiro atoms. The van der Waals surface area contributed by atoms with E-state index >= 15 is 0 Å². The van der Waals surface area contributed by atoms with Crippen LogP contribution < -0.4 is 20.1 Å². The number of pyridine rings is 1. The van der Waals surface area contributed by atoms with Gasteiger partial charge in [-0.3, -0.25) is 28.8 Å². The number of nitrogens with zero attached hydrogens (tertiary/aromatic N) is 9. The molecule has 10 rings (SSSR count). The van der Waals surface area contributed by atoms with Crippen molar-refractivity contribution in [2.75, 3.05) is 52.3 Å². The Balaban J connectivity index is 0.639. The summed E-state index contributed by atoms with van der Waals surface area (Å²) in [6.07, 6.45) is 14.8. The summed E-state index contributed by atoms with van der Waals surface area (Å²) in [5, 5.41) is 20.5. The number of ether oxygens (including phenoxy) is 3. The van der Waals surface area contributed by atoms with Crippen molar-refractivity contribution in [1.82, 2.24) is 49.8 Å². The summed E-state index contributed by atoms with van der Waals surface area (Å²) < 4.78 is 59.0. The molecule has 3 aromatic heterocycles. The van der Waals surface area contributed by atoms with Crippen LogP contribution in [0.3, 0.4) is 0 Å². The van der Waals surface area contributed by atoms with Crippen molar-refractivity contribution in [1.29, 1.82) is 0 Å². The molecule has 5 aromatic rings. The van der Waals surface area contributed by atoms with Gasteiger partial charge in [0.1, 0.15) is 46.7 Å². The van der Waals surface area contributed by atoms with Crippen LogP contribution in [-0.2, 0) is 20.5 Å². The number of halogens is 3. The number of rotatable bonds is 19. The fraction of sp³-hybridized carbons (Fsp3) is 0.603. The van der Waals surface area contributed by atoms with E-state index in [9.17, 15) is 37.1 Å². The highest BCUT2D eigenvalue weighted by molar-refractivity contribution is 6.07. The summed E-state index contributed by atoms with van der Waals surface area (Å²) in [5.74, 6) is 0.510. The monoisotopic (exact) mass is 1180 g/mol. The number of nitrogens with one attached hydrogen (secondary N) is 2. The number of alkyl halides is 3. The first-order valence-electron chi connectivity index (χ1n) is 30.5. The second-order valence-electron chi connectivity index (χ2n) is 25.5. The summed E-state index contributed by atoms with van der Waals surface area (Å²) in [4.78, 5) is 78.5. The molecular formula is C63H82F3N11O8. The van der Waals surface area contributed by atoms with Gasteiger partial charge in [0.05, 0.1) is 37.2 Å². The third kappa shape index (κ3) is 14.6. The molecule has 2 saturated heterocycles. The zero-order chi connectivity index (χ0) is 60.2. The highest BCUT2D eigenvalue weighted by atomic mass is 19.4. The number of ketones is 1. The van der Waals surface area contributed by atoms with Gasteiger partial charge in [-0.25, -0.2) is 9.78 Å². The van der Waals surface area contributed by atoms with Gasteiger partial charge in [-0.1, -0.05) is 37.5 Å². The maximum absolute atomic E-state index is 14.5. The number of carbonyl (C=O) groups is 5. The van der Waals surface area contributed by atoms with Crippen molar-refractivity contribution >= 4 is 46.2 Å². The fourth-order valence-electron chi connectivity index (χ4n) is 13.6. The van der Waals surface area contributed by atoms with E-state index in [1.54, 1.807) is 56.9 Å². The zero-order valence-electron chi connectivity index (χ0n) is 49.9. The first-order valence-corrected chi connectivity index (χ1v) is 30.5. The predicted octanol–water partition coefficient (Wildman–Crippen LogP) is 11.1. The van der Waals surface area contributed by atoms with Crippen molar-refractivity contribution in [3.63, 3.8) is 0 Å². The number of piperidine rings is 1. The van der Waals surface area contributed by atoms with Gasteiger partial charge in [-0.15, -0.1) is 5.10 Å². The summed E-state index contributed by atoms with van der Waals surface area (Å²) in [6, 6.07) is 12.4. The molecule has 19 nitrogen and oxygen atoms in total. The molecule has 5 fully saturated rings. The summed E-state index contributed by atoms with van der Waals surface area (Å²) >= 11 is 0. The lowest BCUT2D eigenvalue weighted by molar-refractivity contribution is -0.142. The molecule has 3 atom stereocenters. The molecule has 0 radical (unpaired) electrons. The summed E-state index contributed by atoms with van der Waals surface area (Å²) in [6.45, 7) is 11.3. The van der Waals surface area contributed by atoms with E-state index in [1.165, 1.54) is 61.8 Å². The van der Waals surface area contributed by atoms with Crippen LogP contribution in [-0.4, -0.2) is 139 Å². The normalized spacial score (nSPS) is 21.2. The van der Waals surface area contributed by atoms with Gasteiger partial charge in [-0.05, 0) is 184 Å². The Kier molecular flexibility index (Phi) is 18.6. The fourth-order valence-corrected chi connectivity index (χ4v) is 13.6. The maximum Gasteiger partial charge on any atom is 0.433 e. The Morgan fingerprint density at radius 1 is 0.847 bits per heavy atom. The average Bonchev–Trinajstić information content (AvgIpc) is 2.41. The highest BCUT2D eigenvalue weighted by Crippen LogP contribution is 2.54. The van der Waals surface area contributed by atoms with Gasteiger partial charge in [-0.2, -0.15) is 28.2 Å². The van der Waals surface area contributed by atoms with Crippen LogP contribution in [0.2, 0.25) is 0 Å². The van der Waals surface area contributed by atoms with Crippen molar-refractivity contribution in [2.24, 2.45) is 23.2 Å². The molecule has 2 N–H and O–H groups in total. The largest absolute Gasteiger partial charge is 0.494 e. The average molecular weight is 1180 g/mol. The number of likely N-dealkylation sites (tertiary alicyclic amines) is 2. The molecule has 2 aliphatic heterocycles. The molecule has 4 amide bonds. The van der Waals surface area contributed by atoms with Crippen LogP contribution in [0, 0.1) is 23.2 Å². The zero-order valence-corrected chi connectivity index (χ0v) is 49.9. The number of anilines is 1. The molecule has 22 heteroatoms. The standard InChI is InChI=1S/C63H82F3N11O8/c1-40(73(5)60(82)85-61(2,3)4)57(79)70-55(43-15-8-7-9-16-43)59(81)75-28-12-21-54(75)77-67-37-51(72-77)56(78)44-17-10-18-47(32-44)84-31-13-14-42-35-62(36-42)26-29-74(30-27-62)38-41-22-24-46(25-23-41)76-39-45-33-50(52(83-6)34-49(45)71-76)69-58(80)48-19-11-20-53(68-48)63(64,65)66/h10-11,17-20,32-34,37,39-43,46,54-55H,7-9,12-16,21-31,35-36,38H2,1-6H3,(H,69,80)(H,70,79)/t40-,41?,46?,54-,55-/m0/s1. The van der Waals surface area contributed by atoms with E-state index in [0.29, 0.717) is 71.5 Å². The molecule has 458 valence electrons. The van der Waals surface area contributed by atoms with Crippen LogP contribution in [0.1, 0.15) is 181 Å². The number of methoxy groups -OCH3 is 1. The second-order valence-corrected chi connectivity index (χ2v) is 25.5. The molecular weight excluding hydrogens is 1100 g/mol. The minimum Gasteiger partial charge on any atom is -0.494 e. The van der Waals surface area contributed by atoms with Gasteiger partial charge < -0.3 is 34.6 Å². The topological polar surface area (TPSA) is 208 Å². The van der Waals surface area contributed by atoms with E-state index in [2.05, 4.69) is 30.7 Å². The molecule has 2 aromatic carbocycles. The van der Waals surface area contributed by atoms with Crippen LogP contribution in [0.4, 0.5) is 23.7 Å². The lowest BCUT2D eigenvalue weighted by atomic mass is 9.56. The first-order chi connectivity index (χ1) is 40.6. The number of carbonyl (C=O) groups excluding carboxylic acids is 5. The lowest BCUT2D eigenvalue weighted by Gasteiger charge is -2.53. The predicted molar refractivity (Wildman–Crippen MR) is 312 cm³/mol. The number of likely N-dealkylation sites (N-methyl/N-ethyl adjacent to an activating group) is 1. The Morgan fingerprint density at radius 3 is 2.31 bits per heavy atom. The van der Waals surface area contributed by atoms with Gasteiger partial charge >= 0.3 is 12.3 Å². The number of benzene rings is 2. The van der Waals surface area contributed by atoms with Crippen LogP contribution in [0.25, 0.3) is 10.9 Å². The molecule has 3 aliphatic carbocycles. The Morgan fingerprint density at radius 2 is 1.59 bits per heavy atom. The SMILES string of the molecule is COc1cc2nn(C3CCC(CN4CCC5(CC4)CC(CCCOc4cccc(C(=O)c6cnn([C@H]7CCCN7C(=O)[C@@H](NC(=O)[C@H](C)N(C)C(=O)OC(C)(C)C)C7CCCCC7)n6)c4)C5)CC3)cc2cc1NC(=O)c1cccc(C(F)(F)F)n1. The molecule has 85 heavy (non-hydrogen) atoms. The van der Waals surface area contributed by atoms with Crippen LogP contribution >= 0.6 is 0 Å². The lowest BCUT2D eigenvalue weighted by Crippen LogP contribution is -2.57. The maximum atomic E-state index is 14.5. The van der Waals surface area contributed by atoms with Gasteiger partial charge in [0.2, 0.25) is 17.6 Å². The Labute approximate surface area is 495 Å². The summed E-state index contributed by atoms with van der Waals surface area (Å²) in [5.41, 5.74) is -0.151. The minimum absolute atomic E-state index is 0.0619. The second kappa shape index (κ2) is 25.9. The van der Waals surface area contributed by atoms with E-state index in [0.717, 1.165) is 108 Å². The molecule has 0 bridgehead atoms. The van der Waals surface area contributed by atoms with Crippen LogP contribution in [0.15, 0.2) is 67.0 Å². The van der Waals surface area contributed by atoms with E-state index in [1.807, 2.05) is 23.0 Å². The summed E-state index contributed by atoms with van der Waals surface area (Å²) in [7, 11) is 2.98. The smallest absolute Gasteiger partial charge is 0.433 e. The molecule has 3 saturated carbocycles. The van der Waals surface area contributed by atoms with E-state index in [4.69, 9.17) is 19.3 Å². The molecule has 5 heterocycles. The first kappa shape index (κ1) is 61.0. The number of amides is 4. The van der Waals surface area contributed by atoms with Crippen molar-refractivity contribution < 1.29 is 51.4 Å².